The summed E-state index contributed by atoms with van der Waals surface area (Å²) >= 11 is 1.05. The topological polar surface area (TPSA) is 140 Å². The van der Waals surface area contributed by atoms with Gasteiger partial charge in [0.1, 0.15) is 28.2 Å². The molecule has 2 aromatic rings. The van der Waals surface area contributed by atoms with Gasteiger partial charge in [0.05, 0.1) is 22.9 Å². The smallest absolute Gasteiger partial charge is 0.237 e. The monoisotopic (exact) mass is 408 g/mol. The van der Waals surface area contributed by atoms with E-state index in [0.717, 1.165) is 11.8 Å². The van der Waals surface area contributed by atoms with Crippen LogP contribution in [0.3, 0.4) is 0 Å². The van der Waals surface area contributed by atoms with Crippen molar-refractivity contribution in [1.29, 1.82) is 10.5 Å². The maximum absolute atomic E-state index is 12.1. The van der Waals surface area contributed by atoms with E-state index in [-0.39, 0.29) is 5.56 Å². The third kappa shape index (κ3) is 4.16. The van der Waals surface area contributed by atoms with E-state index in [1.54, 1.807) is 24.4 Å². The van der Waals surface area contributed by atoms with Crippen LogP contribution in [0.1, 0.15) is 41.0 Å². The molecule has 2 unspecified atom stereocenters. The minimum absolute atomic E-state index is 0.264. The Balaban J connectivity index is 2.13. The molecule has 0 saturated carbocycles. The number of aliphatic hydroxyl groups excluding tert-OH is 1. The van der Waals surface area contributed by atoms with Gasteiger partial charge in [0, 0.05) is 19.3 Å². The standard InChI is InChI=1S/C20H20N6O2S/c1-2-13-14(9-21)19(26-8-6-12(27)11-26)25-20(15(13)10-22)29-17(18(23)28)16-5-3-4-7-24-16/h3-5,7,12,17,27H,2,6,8,11H2,1H3,(H2,23,28). The number of hydrogen-bond donors (Lipinski definition) is 2. The van der Waals surface area contributed by atoms with Gasteiger partial charge in [-0.05, 0) is 30.5 Å². The summed E-state index contributed by atoms with van der Waals surface area (Å²) < 4.78 is 0. The van der Waals surface area contributed by atoms with E-state index >= 15 is 0 Å². The van der Waals surface area contributed by atoms with E-state index < -0.39 is 17.3 Å². The summed E-state index contributed by atoms with van der Waals surface area (Å²) in [5.74, 6) is -0.174. The minimum atomic E-state index is -0.828. The Labute approximate surface area is 173 Å². The molecule has 0 aromatic carbocycles. The molecule has 3 rings (SSSR count). The Morgan fingerprint density at radius 3 is 2.69 bits per heavy atom. The highest BCUT2D eigenvalue weighted by Crippen LogP contribution is 2.39. The lowest BCUT2D eigenvalue weighted by Crippen LogP contribution is -2.25. The van der Waals surface area contributed by atoms with Gasteiger partial charge in [-0.15, -0.1) is 0 Å². The van der Waals surface area contributed by atoms with Crippen molar-refractivity contribution in [2.45, 2.75) is 36.1 Å². The van der Waals surface area contributed by atoms with E-state index in [2.05, 4.69) is 22.1 Å². The first-order valence-electron chi connectivity index (χ1n) is 9.17. The largest absolute Gasteiger partial charge is 0.391 e. The van der Waals surface area contributed by atoms with E-state index in [1.807, 2.05) is 11.8 Å². The van der Waals surface area contributed by atoms with Gasteiger partial charge in [-0.3, -0.25) is 9.78 Å². The molecule has 0 bridgehead atoms. The molecular weight excluding hydrogens is 388 g/mol. The molecule has 9 heteroatoms. The Hall–Kier alpha value is -3.14. The average molecular weight is 408 g/mol. The highest BCUT2D eigenvalue weighted by Gasteiger charge is 2.30. The van der Waals surface area contributed by atoms with Gasteiger partial charge < -0.3 is 15.7 Å². The SMILES string of the molecule is CCc1c(C#N)c(SC(C(N)=O)c2ccccn2)nc(N2CCC(O)C2)c1C#N. The van der Waals surface area contributed by atoms with Crippen molar-refractivity contribution in [3.05, 3.63) is 46.8 Å². The molecule has 0 radical (unpaired) electrons. The van der Waals surface area contributed by atoms with Crippen LogP contribution in [0.5, 0.6) is 0 Å². The molecule has 2 atom stereocenters. The van der Waals surface area contributed by atoms with Crippen molar-refractivity contribution in [2.24, 2.45) is 5.73 Å². The van der Waals surface area contributed by atoms with Crippen molar-refractivity contribution in [3.8, 4) is 12.1 Å². The Morgan fingerprint density at radius 2 is 2.17 bits per heavy atom. The van der Waals surface area contributed by atoms with Crippen molar-refractivity contribution in [1.82, 2.24) is 9.97 Å². The van der Waals surface area contributed by atoms with Crippen LogP contribution in [-0.2, 0) is 11.2 Å². The van der Waals surface area contributed by atoms with Crippen LogP contribution in [0.15, 0.2) is 29.4 Å². The van der Waals surface area contributed by atoms with Crippen LogP contribution in [0.4, 0.5) is 5.82 Å². The molecule has 8 nitrogen and oxygen atoms in total. The van der Waals surface area contributed by atoms with E-state index in [4.69, 9.17) is 5.73 Å². The third-order valence-electron chi connectivity index (χ3n) is 4.73. The van der Waals surface area contributed by atoms with Crippen molar-refractivity contribution in [2.75, 3.05) is 18.0 Å². The third-order valence-corrected chi connectivity index (χ3v) is 5.96. The molecular formula is C20H20N6O2S. The number of aliphatic hydroxyl groups is 1. The Kier molecular flexibility index (Phi) is 6.32. The van der Waals surface area contributed by atoms with Crippen LogP contribution in [0.25, 0.3) is 0 Å². The fraction of sp³-hybridized carbons (Fsp3) is 0.350. The highest BCUT2D eigenvalue weighted by atomic mass is 32.2. The Bertz CT molecular complexity index is 999. The first-order valence-corrected chi connectivity index (χ1v) is 10.0. The zero-order valence-electron chi connectivity index (χ0n) is 15.9. The Morgan fingerprint density at radius 1 is 1.41 bits per heavy atom. The van der Waals surface area contributed by atoms with E-state index in [9.17, 15) is 20.4 Å². The fourth-order valence-electron chi connectivity index (χ4n) is 3.34. The second-order valence-corrected chi connectivity index (χ2v) is 7.68. The number of carbonyl (C=O) groups excluding carboxylic acids is 1. The minimum Gasteiger partial charge on any atom is -0.391 e. The van der Waals surface area contributed by atoms with Crippen LogP contribution in [-0.4, -0.2) is 40.2 Å². The molecule has 1 aliphatic heterocycles. The predicted octanol–water partition coefficient (Wildman–Crippen LogP) is 1.67. The maximum Gasteiger partial charge on any atom is 0.237 e. The van der Waals surface area contributed by atoms with Gasteiger partial charge in [-0.1, -0.05) is 24.8 Å². The molecule has 1 amide bonds. The lowest BCUT2D eigenvalue weighted by atomic mass is 10.0. The molecule has 148 valence electrons. The molecule has 29 heavy (non-hydrogen) atoms. The zero-order valence-corrected chi connectivity index (χ0v) is 16.7. The summed E-state index contributed by atoms with van der Waals surface area (Å²) in [6.07, 6.45) is 2.11. The predicted molar refractivity (Wildman–Crippen MR) is 108 cm³/mol. The number of rotatable bonds is 6. The van der Waals surface area contributed by atoms with Crippen LogP contribution < -0.4 is 10.6 Å². The summed E-state index contributed by atoms with van der Waals surface area (Å²) in [5.41, 5.74) is 7.25. The molecule has 1 aliphatic rings. The van der Waals surface area contributed by atoms with Gasteiger partial charge in [0.25, 0.3) is 0 Å². The first kappa shape index (κ1) is 20.6. The normalized spacial score (nSPS) is 16.8. The zero-order chi connectivity index (χ0) is 21.0. The van der Waals surface area contributed by atoms with E-state index in [0.29, 0.717) is 53.6 Å². The van der Waals surface area contributed by atoms with Gasteiger partial charge in [-0.2, -0.15) is 10.5 Å². The van der Waals surface area contributed by atoms with Crippen molar-refractivity contribution >= 4 is 23.5 Å². The summed E-state index contributed by atoms with van der Waals surface area (Å²) in [5, 5.41) is 28.9. The molecule has 3 heterocycles. The van der Waals surface area contributed by atoms with Gasteiger partial charge in [0.2, 0.25) is 5.91 Å². The molecule has 0 spiro atoms. The van der Waals surface area contributed by atoms with Crippen molar-refractivity contribution < 1.29 is 9.90 Å². The number of nitrogens with zero attached hydrogens (tertiary/aromatic N) is 5. The molecule has 0 aliphatic carbocycles. The number of primary amides is 1. The molecule has 3 N–H and O–H groups in total. The lowest BCUT2D eigenvalue weighted by Gasteiger charge is -2.22. The molecule has 1 fully saturated rings. The van der Waals surface area contributed by atoms with Crippen LogP contribution >= 0.6 is 11.8 Å². The number of aromatic nitrogens is 2. The van der Waals surface area contributed by atoms with Crippen molar-refractivity contribution in [3.63, 3.8) is 0 Å². The number of amides is 1. The van der Waals surface area contributed by atoms with Crippen LogP contribution in [0, 0.1) is 22.7 Å². The number of hydrogen-bond acceptors (Lipinski definition) is 8. The second-order valence-electron chi connectivity index (χ2n) is 6.59. The number of anilines is 1. The highest BCUT2D eigenvalue weighted by molar-refractivity contribution is 8.00. The van der Waals surface area contributed by atoms with Gasteiger partial charge >= 0.3 is 0 Å². The summed E-state index contributed by atoms with van der Waals surface area (Å²) in [6.45, 7) is 2.78. The molecule has 1 saturated heterocycles. The summed E-state index contributed by atoms with van der Waals surface area (Å²) in [4.78, 5) is 22.8. The summed E-state index contributed by atoms with van der Waals surface area (Å²) in [6, 6.07) is 9.48. The number of pyridine rings is 2. The number of carbonyl (C=O) groups is 1. The number of thioether (sulfide) groups is 1. The second kappa shape index (κ2) is 8.91. The quantitative estimate of drug-likeness (QED) is 0.688. The number of nitriles is 2. The first-order chi connectivity index (χ1) is 14.0. The van der Waals surface area contributed by atoms with Gasteiger partial charge in [0.15, 0.2) is 0 Å². The maximum atomic E-state index is 12.1. The van der Waals surface area contributed by atoms with Crippen LogP contribution in [0.2, 0.25) is 0 Å². The fourth-order valence-corrected chi connectivity index (χ4v) is 4.36. The lowest BCUT2D eigenvalue weighted by molar-refractivity contribution is -0.117. The van der Waals surface area contributed by atoms with E-state index in [1.165, 1.54) is 0 Å². The summed E-state index contributed by atoms with van der Waals surface area (Å²) in [7, 11) is 0. The average Bonchev–Trinajstić information content (AvgIpc) is 3.17. The number of nitrogens with two attached hydrogens (primary N) is 1. The van der Waals surface area contributed by atoms with Gasteiger partial charge in [-0.25, -0.2) is 4.98 Å². The molecule has 2 aromatic heterocycles. The number of β-amino-alcohol motifs (C(OH)–C–C–N with tert-alkyl or cyclic N) is 1.